The van der Waals surface area contributed by atoms with E-state index >= 15 is 0 Å². The molecule has 0 fully saturated rings. The highest BCUT2D eigenvalue weighted by Crippen LogP contribution is 2.13. The van der Waals surface area contributed by atoms with Crippen LogP contribution in [-0.2, 0) is 18.7 Å². The van der Waals surface area contributed by atoms with Gasteiger partial charge in [-0.25, -0.2) is 0 Å². The normalized spacial score (nSPS) is 12.0. The number of nitrogens with two attached hydrogens (primary N) is 2. The number of hydrogen-bond donors (Lipinski definition) is 2. The quantitative estimate of drug-likeness (QED) is 0.346. The number of thioether (sulfide) groups is 1. The van der Waals surface area contributed by atoms with E-state index in [1.54, 1.807) is 0 Å². The van der Waals surface area contributed by atoms with Gasteiger partial charge in [-0.2, -0.15) is 10.2 Å². The minimum absolute atomic E-state index is 0.400. The molecule has 0 spiro atoms. The number of rotatable bonds is 4. The Kier molecular flexibility index (Phi) is 4.48. The molecule has 0 aliphatic heterocycles. The molecule has 0 unspecified atom stereocenters. The van der Waals surface area contributed by atoms with E-state index in [9.17, 15) is 0 Å². The van der Waals surface area contributed by atoms with Crippen LogP contribution in [0.3, 0.4) is 0 Å². The number of nitrogens with zero attached hydrogens (tertiary/aromatic N) is 3. The summed E-state index contributed by atoms with van der Waals surface area (Å²) in [5, 5.41) is 8.26. The number of amidine groups is 1. The lowest BCUT2D eigenvalue weighted by molar-refractivity contribution is 0.628. The van der Waals surface area contributed by atoms with Gasteiger partial charge < -0.3 is 11.6 Å². The van der Waals surface area contributed by atoms with Crippen LogP contribution >= 0.6 is 11.8 Å². The first kappa shape index (κ1) is 11.9. The summed E-state index contributed by atoms with van der Waals surface area (Å²) in [6.45, 7) is 5.03. The maximum Gasteiger partial charge on any atom is 0.177 e. The zero-order valence-corrected chi connectivity index (χ0v) is 9.92. The topological polar surface area (TPSA) is 82.2 Å². The van der Waals surface area contributed by atoms with E-state index in [1.165, 1.54) is 11.8 Å². The molecule has 0 saturated heterocycles. The van der Waals surface area contributed by atoms with E-state index in [2.05, 4.69) is 30.1 Å². The van der Waals surface area contributed by atoms with Crippen molar-refractivity contribution < 1.29 is 0 Å². The molecule has 0 amide bonds. The van der Waals surface area contributed by atoms with Gasteiger partial charge in [0.2, 0.25) is 0 Å². The third kappa shape index (κ3) is 3.16. The average Bonchev–Trinajstić information content (AvgIpc) is 2.68. The van der Waals surface area contributed by atoms with Crippen LogP contribution in [-0.4, -0.2) is 14.9 Å². The Bertz CT molecular complexity index is 344. The van der Waals surface area contributed by atoms with Crippen molar-refractivity contribution in [2.24, 2.45) is 16.7 Å². The van der Waals surface area contributed by atoms with Gasteiger partial charge in [0, 0.05) is 18.0 Å². The Morgan fingerprint density at radius 2 is 2.33 bits per heavy atom. The maximum absolute atomic E-state index is 5.51. The molecule has 15 heavy (non-hydrogen) atoms. The summed E-state index contributed by atoms with van der Waals surface area (Å²) in [7, 11) is 0. The molecule has 1 heterocycles. The standard InChI is InChI=1S/C9H17N5S/c1-3-7-5-8(14(4-2)13-7)6-15-9(10)12-11/h5H,3-4,6,11H2,1-2H3,(H2,10,12). The van der Waals surface area contributed by atoms with Crippen molar-refractivity contribution in [2.75, 3.05) is 0 Å². The third-order valence-electron chi connectivity index (χ3n) is 2.07. The molecule has 0 radical (unpaired) electrons. The Morgan fingerprint density at radius 1 is 1.60 bits per heavy atom. The molecule has 1 rings (SSSR count). The lowest BCUT2D eigenvalue weighted by Gasteiger charge is -2.02. The molecular weight excluding hydrogens is 210 g/mol. The van der Waals surface area contributed by atoms with Gasteiger partial charge in [0.25, 0.3) is 0 Å². The van der Waals surface area contributed by atoms with Crippen LogP contribution in [0.25, 0.3) is 0 Å². The second-order valence-electron chi connectivity index (χ2n) is 3.05. The molecule has 5 nitrogen and oxygen atoms in total. The van der Waals surface area contributed by atoms with Gasteiger partial charge >= 0.3 is 0 Å². The maximum atomic E-state index is 5.51. The summed E-state index contributed by atoms with van der Waals surface area (Å²) < 4.78 is 1.98. The zero-order valence-electron chi connectivity index (χ0n) is 9.10. The van der Waals surface area contributed by atoms with Crippen molar-refractivity contribution in [1.29, 1.82) is 0 Å². The first-order valence-corrected chi connectivity index (χ1v) is 5.91. The van der Waals surface area contributed by atoms with Crippen LogP contribution in [0.15, 0.2) is 11.2 Å². The van der Waals surface area contributed by atoms with Gasteiger partial charge in [0.15, 0.2) is 5.17 Å². The monoisotopic (exact) mass is 227 g/mol. The smallest absolute Gasteiger partial charge is 0.177 e. The van der Waals surface area contributed by atoms with Crippen molar-refractivity contribution in [1.82, 2.24) is 9.78 Å². The SMILES string of the molecule is CCc1cc(CSC(N)=NN)n(CC)n1. The highest BCUT2D eigenvalue weighted by Gasteiger charge is 2.06. The predicted octanol–water partition coefficient (Wildman–Crippen LogP) is 0.887. The van der Waals surface area contributed by atoms with Crippen LogP contribution in [0.2, 0.25) is 0 Å². The largest absolute Gasteiger partial charge is 0.377 e. The summed E-state index contributed by atoms with van der Waals surface area (Å²) >= 11 is 1.42. The zero-order chi connectivity index (χ0) is 11.3. The second kappa shape index (κ2) is 5.65. The van der Waals surface area contributed by atoms with Crippen LogP contribution in [0.1, 0.15) is 25.2 Å². The van der Waals surface area contributed by atoms with Crippen LogP contribution in [0.4, 0.5) is 0 Å². The van der Waals surface area contributed by atoms with Gasteiger partial charge in [-0.3, -0.25) is 4.68 Å². The molecule has 0 atom stereocenters. The van der Waals surface area contributed by atoms with Gasteiger partial charge in [0.1, 0.15) is 0 Å². The lowest BCUT2D eigenvalue weighted by Crippen LogP contribution is -2.10. The summed E-state index contributed by atoms with van der Waals surface area (Å²) in [5.41, 5.74) is 7.78. The van der Waals surface area contributed by atoms with Gasteiger partial charge in [-0.15, -0.1) is 0 Å². The summed E-state index contributed by atoms with van der Waals surface area (Å²) in [6, 6.07) is 2.10. The number of hydrogen-bond acceptors (Lipinski definition) is 4. The fourth-order valence-corrected chi connectivity index (χ4v) is 1.87. The minimum atomic E-state index is 0.400. The summed E-state index contributed by atoms with van der Waals surface area (Å²) in [4.78, 5) is 0. The fourth-order valence-electron chi connectivity index (χ4n) is 1.26. The van der Waals surface area contributed by atoms with Gasteiger partial charge in [0.05, 0.1) is 5.69 Å². The van der Waals surface area contributed by atoms with E-state index < -0.39 is 0 Å². The highest BCUT2D eigenvalue weighted by atomic mass is 32.2. The van der Waals surface area contributed by atoms with Gasteiger partial charge in [-0.1, -0.05) is 18.7 Å². The van der Waals surface area contributed by atoms with E-state index in [-0.39, 0.29) is 0 Å². The van der Waals surface area contributed by atoms with E-state index in [0.29, 0.717) is 5.17 Å². The molecule has 0 aliphatic carbocycles. The molecule has 84 valence electrons. The van der Waals surface area contributed by atoms with Crippen molar-refractivity contribution >= 4 is 16.9 Å². The molecule has 4 N–H and O–H groups in total. The molecule has 1 aromatic rings. The molecule has 1 aromatic heterocycles. The third-order valence-corrected chi connectivity index (χ3v) is 2.91. The van der Waals surface area contributed by atoms with E-state index in [0.717, 1.165) is 30.1 Å². The van der Waals surface area contributed by atoms with E-state index in [1.807, 2.05) is 4.68 Å². The Hall–Kier alpha value is -1.17. The average molecular weight is 227 g/mol. The van der Waals surface area contributed by atoms with Crippen molar-refractivity contribution in [2.45, 2.75) is 32.6 Å². The van der Waals surface area contributed by atoms with Crippen LogP contribution < -0.4 is 11.6 Å². The molecule has 0 aliphatic rings. The second-order valence-corrected chi connectivity index (χ2v) is 4.05. The summed E-state index contributed by atoms with van der Waals surface area (Å²) in [6.07, 6.45) is 0.950. The van der Waals surface area contributed by atoms with Crippen molar-refractivity contribution in [3.05, 3.63) is 17.5 Å². The molecule has 0 saturated carbocycles. The predicted molar refractivity (Wildman–Crippen MR) is 64.4 cm³/mol. The van der Waals surface area contributed by atoms with Gasteiger partial charge in [-0.05, 0) is 19.4 Å². The van der Waals surface area contributed by atoms with Crippen molar-refractivity contribution in [3.8, 4) is 0 Å². The van der Waals surface area contributed by atoms with E-state index in [4.69, 9.17) is 11.6 Å². The van der Waals surface area contributed by atoms with Crippen LogP contribution in [0, 0.1) is 0 Å². The highest BCUT2D eigenvalue weighted by molar-refractivity contribution is 8.13. The first-order valence-electron chi connectivity index (χ1n) is 4.93. The summed E-state index contributed by atoms with van der Waals surface area (Å²) in [5.74, 6) is 5.82. The Balaban J connectivity index is 2.70. The van der Waals surface area contributed by atoms with Crippen molar-refractivity contribution in [3.63, 3.8) is 0 Å². The first-order chi connectivity index (χ1) is 7.21. The Morgan fingerprint density at radius 3 is 2.87 bits per heavy atom. The number of aryl methyl sites for hydroxylation is 2. The molecule has 0 aromatic carbocycles. The van der Waals surface area contributed by atoms with Crippen LogP contribution in [0.5, 0.6) is 0 Å². The minimum Gasteiger partial charge on any atom is -0.377 e. The lowest BCUT2D eigenvalue weighted by atomic mass is 10.3. The Labute approximate surface area is 93.9 Å². The molecule has 0 bridgehead atoms. The number of aromatic nitrogens is 2. The molecule has 6 heteroatoms. The number of hydrazone groups is 1. The molecular formula is C9H17N5S. The fraction of sp³-hybridized carbons (Fsp3) is 0.556.